The van der Waals surface area contributed by atoms with Gasteiger partial charge in [-0.25, -0.2) is 4.98 Å². The van der Waals surface area contributed by atoms with Gasteiger partial charge in [0.05, 0.1) is 5.69 Å². The average Bonchev–Trinajstić information content (AvgIpc) is 3.35. The number of nitrogens with zero attached hydrogens (tertiary/aromatic N) is 3. The second-order valence-electron chi connectivity index (χ2n) is 6.98. The molecule has 1 aliphatic rings. The van der Waals surface area contributed by atoms with Gasteiger partial charge in [0.15, 0.2) is 5.11 Å². The fraction of sp³-hybridized carbons (Fsp3) is 0.227. The van der Waals surface area contributed by atoms with E-state index in [1.165, 1.54) is 0 Å². The monoisotopic (exact) mass is 405 g/mol. The Morgan fingerprint density at radius 2 is 1.97 bits per heavy atom. The molecular weight excluding hydrogens is 382 g/mol. The lowest BCUT2D eigenvalue weighted by atomic mass is 10.1. The van der Waals surface area contributed by atoms with Crippen LogP contribution in [0.5, 0.6) is 0 Å². The molecule has 29 heavy (non-hydrogen) atoms. The Balaban J connectivity index is 1.38. The third-order valence-corrected chi connectivity index (χ3v) is 5.27. The van der Waals surface area contributed by atoms with Crippen LogP contribution in [-0.4, -0.2) is 27.1 Å². The highest BCUT2D eigenvalue weighted by Gasteiger charge is 2.21. The van der Waals surface area contributed by atoms with Crippen molar-refractivity contribution in [1.29, 1.82) is 0 Å². The van der Waals surface area contributed by atoms with Gasteiger partial charge in [-0.2, -0.15) is 0 Å². The van der Waals surface area contributed by atoms with E-state index in [0.29, 0.717) is 18.1 Å². The van der Waals surface area contributed by atoms with Crippen LogP contribution in [-0.2, 0) is 11.3 Å². The van der Waals surface area contributed by atoms with Gasteiger partial charge >= 0.3 is 0 Å². The first-order valence-corrected chi connectivity index (χ1v) is 10.1. The normalized spacial score (nSPS) is 13.6. The molecule has 2 heterocycles. The Hall–Kier alpha value is -3.19. The van der Waals surface area contributed by atoms with Crippen molar-refractivity contribution in [2.24, 2.45) is 0 Å². The highest BCUT2D eigenvalue weighted by molar-refractivity contribution is 7.80. The number of hydrogen-bond donors (Lipinski definition) is 2. The topological polar surface area (TPSA) is 62.2 Å². The summed E-state index contributed by atoms with van der Waals surface area (Å²) in [5, 5.41) is 7.02. The smallest absolute Gasteiger partial charge is 0.227 e. The van der Waals surface area contributed by atoms with Crippen LogP contribution in [0.3, 0.4) is 0 Å². The van der Waals surface area contributed by atoms with Crippen LogP contribution >= 0.6 is 12.2 Å². The first-order valence-electron chi connectivity index (χ1n) is 9.65. The number of thiocarbonyl (C=S) groups is 1. The van der Waals surface area contributed by atoms with Gasteiger partial charge in [-0.3, -0.25) is 4.79 Å². The minimum absolute atomic E-state index is 0.190. The largest absolute Gasteiger partial charge is 0.358 e. The number of carbonyl (C=O) groups is 1. The molecule has 0 spiro atoms. The second-order valence-corrected chi connectivity index (χ2v) is 7.38. The number of hydrogen-bond acceptors (Lipinski definition) is 3. The summed E-state index contributed by atoms with van der Waals surface area (Å²) in [6, 6.07) is 16.0. The molecule has 0 aliphatic carbocycles. The number of anilines is 2. The maximum absolute atomic E-state index is 11.9. The lowest BCUT2D eigenvalue weighted by Crippen LogP contribution is -2.28. The van der Waals surface area contributed by atoms with Crippen molar-refractivity contribution < 1.29 is 4.79 Å². The summed E-state index contributed by atoms with van der Waals surface area (Å²) in [5.41, 5.74) is 4.02. The summed E-state index contributed by atoms with van der Waals surface area (Å²) in [4.78, 5) is 18.0. The standard InChI is InChI=1S/C22H23N5OS/c1-16-23-12-14-26(16)20-6-3-2-5-17(20)15-24-22(29)25-18-8-10-19(11-9-18)27-13-4-7-21(27)28/h2-3,5-6,8-12,14H,4,7,13,15H2,1H3,(H2,24,25,29). The van der Waals surface area contributed by atoms with E-state index in [9.17, 15) is 4.79 Å². The first kappa shape index (κ1) is 19.1. The fourth-order valence-corrected chi connectivity index (χ4v) is 3.71. The van der Waals surface area contributed by atoms with Gasteiger partial charge in [0.2, 0.25) is 5.91 Å². The SMILES string of the molecule is Cc1nccn1-c1ccccc1CNC(=S)Nc1ccc(N2CCCC2=O)cc1. The Bertz CT molecular complexity index is 1030. The molecule has 0 bridgehead atoms. The molecule has 1 fully saturated rings. The van der Waals surface area contributed by atoms with Crippen molar-refractivity contribution in [1.82, 2.24) is 14.9 Å². The Morgan fingerprint density at radius 3 is 2.66 bits per heavy atom. The molecule has 4 rings (SSSR count). The summed E-state index contributed by atoms with van der Waals surface area (Å²) in [5.74, 6) is 1.13. The molecule has 0 saturated carbocycles. The number of carbonyl (C=O) groups excluding carboxylic acids is 1. The number of para-hydroxylation sites is 1. The molecule has 0 atom stereocenters. The van der Waals surface area contributed by atoms with Gasteiger partial charge in [0, 0.05) is 43.3 Å². The molecule has 2 aromatic carbocycles. The lowest BCUT2D eigenvalue weighted by Gasteiger charge is -2.17. The van der Waals surface area contributed by atoms with E-state index in [4.69, 9.17) is 12.2 Å². The van der Waals surface area contributed by atoms with Crippen molar-refractivity contribution in [3.05, 3.63) is 72.3 Å². The quantitative estimate of drug-likeness (QED) is 0.633. The number of imidazole rings is 1. The maximum atomic E-state index is 11.9. The molecule has 6 nitrogen and oxygen atoms in total. The van der Waals surface area contributed by atoms with E-state index >= 15 is 0 Å². The average molecular weight is 406 g/mol. The fourth-order valence-electron chi connectivity index (χ4n) is 3.52. The van der Waals surface area contributed by atoms with Gasteiger partial charge in [-0.05, 0) is 61.5 Å². The number of aryl methyl sites for hydroxylation is 1. The molecule has 1 amide bonds. The van der Waals surface area contributed by atoms with Crippen LogP contribution in [0.25, 0.3) is 5.69 Å². The van der Waals surface area contributed by atoms with Crippen molar-refractivity contribution in [3.8, 4) is 5.69 Å². The molecule has 3 aromatic rings. The van der Waals surface area contributed by atoms with Gasteiger partial charge in [-0.1, -0.05) is 18.2 Å². The first-order chi connectivity index (χ1) is 14.1. The number of benzene rings is 2. The Labute approximate surface area is 175 Å². The molecular formula is C22H23N5OS. The zero-order valence-corrected chi connectivity index (χ0v) is 17.1. The molecule has 0 radical (unpaired) electrons. The van der Waals surface area contributed by atoms with E-state index in [1.54, 1.807) is 6.20 Å². The van der Waals surface area contributed by atoms with E-state index in [2.05, 4.69) is 32.3 Å². The maximum Gasteiger partial charge on any atom is 0.227 e. The number of rotatable bonds is 5. The third-order valence-electron chi connectivity index (χ3n) is 5.03. The van der Waals surface area contributed by atoms with E-state index in [-0.39, 0.29) is 5.91 Å². The van der Waals surface area contributed by atoms with Crippen molar-refractivity contribution in [2.45, 2.75) is 26.3 Å². The Morgan fingerprint density at radius 1 is 1.17 bits per heavy atom. The lowest BCUT2D eigenvalue weighted by molar-refractivity contribution is -0.117. The third kappa shape index (κ3) is 4.30. The molecule has 1 aromatic heterocycles. The molecule has 148 valence electrons. The van der Waals surface area contributed by atoms with E-state index in [1.807, 2.05) is 54.4 Å². The highest BCUT2D eigenvalue weighted by atomic mass is 32.1. The predicted molar refractivity (Wildman–Crippen MR) is 119 cm³/mol. The zero-order valence-electron chi connectivity index (χ0n) is 16.3. The molecule has 1 saturated heterocycles. The number of nitrogens with one attached hydrogen (secondary N) is 2. The number of aromatic nitrogens is 2. The number of amides is 1. The van der Waals surface area contributed by atoms with E-state index in [0.717, 1.165) is 41.4 Å². The summed E-state index contributed by atoms with van der Waals surface area (Å²) in [6.07, 6.45) is 5.31. The summed E-state index contributed by atoms with van der Waals surface area (Å²) in [6.45, 7) is 3.37. The molecule has 2 N–H and O–H groups in total. The van der Waals surface area contributed by atoms with Crippen molar-refractivity contribution >= 4 is 34.6 Å². The Kier molecular flexibility index (Phi) is 5.57. The van der Waals surface area contributed by atoms with Crippen molar-refractivity contribution in [3.63, 3.8) is 0 Å². The summed E-state index contributed by atoms with van der Waals surface area (Å²) in [7, 11) is 0. The van der Waals surface area contributed by atoms with Gasteiger partial charge < -0.3 is 20.1 Å². The minimum Gasteiger partial charge on any atom is -0.358 e. The molecule has 0 unspecified atom stereocenters. The van der Waals surface area contributed by atoms with Crippen LogP contribution in [0, 0.1) is 6.92 Å². The molecule has 1 aliphatic heterocycles. The van der Waals surface area contributed by atoms with Crippen LogP contribution in [0.15, 0.2) is 60.9 Å². The van der Waals surface area contributed by atoms with Gasteiger partial charge in [-0.15, -0.1) is 0 Å². The molecule has 7 heteroatoms. The van der Waals surface area contributed by atoms with Gasteiger partial charge in [0.1, 0.15) is 5.82 Å². The predicted octanol–water partition coefficient (Wildman–Crippen LogP) is 3.79. The van der Waals surface area contributed by atoms with Crippen LogP contribution < -0.4 is 15.5 Å². The second kappa shape index (κ2) is 8.45. The van der Waals surface area contributed by atoms with E-state index < -0.39 is 0 Å². The summed E-state index contributed by atoms with van der Waals surface area (Å²) < 4.78 is 2.06. The zero-order chi connectivity index (χ0) is 20.2. The highest BCUT2D eigenvalue weighted by Crippen LogP contribution is 2.23. The minimum atomic E-state index is 0.190. The summed E-state index contributed by atoms with van der Waals surface area (Å²) >= 11 is 5.46. The van der Waals surface area contributed by atoms with Gasteiger partial charge in [0.25, 0.3) is 0 Å². The van der Waals surface area contributed by atoms with Crippen molar-refractivity contribution in [2.75, 3.05) is 16.8 Å². The van der Waals surface area contributed by atoms with Crippen LogP contribution in [0.4, 0.5) is 11.4 Å². The van der Waals surface area contributed by atoms with Crippen LogP contribution in [0.2, 0.25) is 0 Å². The van der Waals surface area contributed by atoms with Crippen LogP contribution in [0.1, 0.15) is 24.2 Å².